The zero-order valence-electron chi connectivity index (χ0n) is 11.0. The molecule has 3 N–H and O–H groups in total. The summed E-state index contributed by atoms with van der Waals surface area (Å²) in [6, 6.07) is 15.5. The number of hydrogen-bond acceptors (Lipinski definition) is 3. The third-order valence-corrected chi connectivity index (χ3v) is 3.09. The lowest BCUT2D eigenvalue weighted by atomic mass is 10.1. The monoisotopic (exact) mass is 280 g/mol. The van der Waals surface area contributed by atoms with Gasteiger partial charge < -0.3 is 15.5 Å². The van der Waals surface area contributed by atoms with Gasteiger partial charge in [-0.25, -0.2) is 0 Å². The summed E-state index contributed by atoms with van der Waals surface area (Å²) < 4.78 is 5.47. The average Bonchev–Trinajstić information content (AvgIpc) is 2.91. The van der Waals surface area contributed by atoms with Gasteiger partial charge >= 0.3 is 0 Å². The highest BCUT2D eigenvalue weighted by atomic mass is 16.3. The molecule has 0 unspecified atom stereocenters. The molecule has 0 aliphatic carbocycles. The lowest BCUT2D eigenvalue weighted by molar-refractivity contribution is 0.0998. The Kier molecular flexibility index (Phi) is 3.16. The van der Waals surface area contributed by atoms with Crippen molar-refractivity contribution in [2.45, 2.75) is 0 Å². The Labute approximate surface area is 120 Å². The van der Waals surface area contributed by atoms with E-state index in [-0.39, 0.29) is 11.3 Å². The minimum absolute atomic E-state index is 0.176. The number of nitrogens with two attached hydrogens (primary N) is 1. The zero-order chi connectivity index (χ0) is 14.8. The van der Waals surface area contributed by atoms with Gasteiger partial charge in [0.15, 0.2) is 5.76 Å². The predicted octanol–water partition coefficient (Wildman–Crippen LogP) is 2.78. The van der Waals surface area contributed by atoms with Crippen molar-refractivity contribution in [1.29, 1.82) is 0 Å². The van der Waals surface area contributed by atoms with Crippen LogP contribution in [0.1, 0.15) is 20.9 Å². The van der Waals surface area contributed by atoms with E-state index in [0.29, 0.717) is 11.3 Å². The van der Waals surface area contributed by atoms with Crippen molar-refractivity contribution in [2.75, 3.05) is 5.32 Å². The first-order valence-corrected chi connectivity index (χ1v) is 6.34. The van der Waals surface area contributed by atoms with Crippen molar-refractivity contribution >= 4 is 28.5 Å². The van der Waals surface area contributed by atoms with Crippen LogP contribution >= 0.6 is 0 Å². The van der Waals surface area contributed by atoms with Gasteiger partial charge in [0, 0.05) is 5.39 Å². The highest BCUT2D eigenvalue weighted by Gasteiger charge is 2.15. The fourth-order valence-electron chi connectivity index (χ4n) is 2.08. The molecule has 2 amide bonds. The fourth-order valence-corrected chi connectivity index (χ4v) is 2.08. The molecule has 104 valence electrons. The molecule has 0 saturated carbocycles. The maximum atomic E-state index is 12.2. The van der Waals surface area contributed by atoms with Gasteiger partial charge in [-0.15, -0.1) is 0 Å². The molecule has 0 spiro atoms. The van der Waals surface area contributed by atoms with Crippen molar-refractivity contribution in [3.63, 3.8) is 0 Å². The molecule has 5 nitrogen and oxygen atoms in total. The molecule has 21 heavy (non-hydrogen) atoms. The molecule has 0 bridgehead atoms. The molecule has 3 aromatic rings. The van der Waals surface area contributed by atoms with Gasteiger partial charge in [0.25, 0.3) is 11.8 Å². The second kappa shape index (κ2) is 5.13. The number of amides is 2. The average molecular weight is 280 g/mol. The summed E-state index contributed by atoms with van der Waals surface area (Å²) in [5, 5.41) is 3.47. The number of rotatable bonds is 3. The SMILES string of the molecule is NC(=O)c1ccccc1NC(=O)c1cc2ccccc2o1. The number of fused-ring (bicyclic) bond motifs is 1. The summed E-state index contributed by atoms with van der Waals surface area (Å²) in [4.78, 5) is 23.5. The van der Waals surface area contributed by atoms with Crippen LogP contribution in [0.3, 0.4) is 0 Å². The van der Waals surface area contributed by atoms with Crippen LogP contribution in [0.25, 0.3) is 11.0 Å². The lowest BCUT2D eigenvalue weighted by Gasteiger charge is -2.06. The molecule has 0 aliphatic rings. The van der Waals surface area contributed by atoms with Crippen LogP contribution in [-0.4, -0.2) is 11.8 Å². The number of benzene rings is 2. The van der Waals surface area contributed by atoms with E-state index >= 15 is 0 Å². The number of furan rings is 1. The van der Waals surface area contributed by atoms with Crippen LogP contribution < -0.4 is 11.1 Å². The molecule has 0 aliphatic heterocycles. The van der Waals surface area contributed by atoms with Gasteiger partial charge in [-0.3, -0.25) is 9.59 Å². The van der Waals surface area contributed by atoms with E-state index in [4.69, 9.17) is 10.2 Å². The smallest absolute Gasteiger partial charge is 0.291 e. The first-order chi connectivity index (χ1) is 10.1. The Morgan fingerprint density at radius 1 is 1.00 bits per heavy atom. The number of primary amides is 1. The summed E-state index contributed by atoms with van der Waals surface area (Å²) in [5.41, 5.74) is 6.52. The largest absolute Gasteiger partial charge is 0.451 e. The third kappa shape index (κ3) is 2.49. The maximum Gasteiger partial charge on any atom is 0.291 e. The number of nitrogens with one attached hydrogen (secondary N) is 1. The second-order valence-corrected chi connectivity index (χ2v) is 4.51. The molecular weight excluding hydrogens is 268 g/mol. The third-order valence-electron chi connectivity index (χ3n) is 3.09. The van der Waals surface area contributed by atoms with Crippen LogP contribution in [0.2, 0.25) is 0 Å². The van der Waals surface area contributed by atoms with Gasteiger partial charge in [0.2, 0.25) is 0 Å². The number of hydrogen-bond donors (Lipinski definition) is 2. The van der Waals surface area contributed by atoms with E-state index < -0.39 is 11.8 Å². The normalized spacial score (nSPS) is 10.5. The second-order valence-electron chi connectivity index (χ2n) is 4.51. The topological polar surface area (TPSA) is 85.3 Å². The fraction of sp³-hybridized carbons (Fsp3) is 0. The Bertz CT molecular complexity index is 803. The number of carbonyl (C=O) groups excluding carboxylic acids is 2. The Hall–Kier alpha value is -3.08. The Morgan fingerprint density at radius 2 is 1.71 bits per heavy atom. The highest BCUT2D eigenvalue weighted by molar-refractivity contribution is 6.08. The van der Waals surface area contributed by atoms with Crippen molar-refractivity contribution in [3.8, 4) is 0 Å². The first-order valence-electron chi connectivity index (χ1n) is 6.34. The summed E-state index contributed by atoms with van der Waals surface area (Å²) >= 11 is 0. The van der Waals surface area contributed by atoms with Gasteiger partial charge in [-0.2, -0.15) is 0 Å². The van der Waals surface area contributed by atoms with Gasteiger partial charge in [0.1, 0.15) is 5.58 Å². The Balaban J connectivity index is 1.91. The van der Waals surface area contributed by atoms with Crippen molar-refractivity contribution in [3.05, 3.63) is 65.9 Å². The number of anilines is 1. The van der Waals surface area contributed by atoms with Gasteiger partial charge in [-0.05, 0) is 24.3 Å². The lowest BCUT2D eigenvalue weighted by Crippen LogP contribution is -2.17. The molecule has 3 rings (SSSR count). The van der Waals surface area contributed by atoms with Gasteiger partial charge in [-0.1, -0.05) is 30.3 Å². The minimum atomic E-state index is -0.601. The summed E-state index contributed by atoms with van der Waals surface area (Å²) in [7, 11) is 0. The van der Waals surface area contributed by atoms with E-state index in [9.17, 15) is 9.59 Å². The molecular formula is C16H12N2O3. The van der Waals surface area contributed by atoms with Gasteiger partial charge in [0.05, 0.1) is 11.3 Å². The van der Waals surface area contributed by atoms with Crippen LogP contribution in [0, 0.1) is 0 Å². The maximum absolute atomic E-state index is 12.2. The molecule has 5 heteroatoms. The predicted molar refractivity (Wildman–Crippen MR) is 79.1 cm³/mol. The van der Waals surface area contributed by atoms with E-state index in [1.807, 2.05) is 18.2 Å². The molecule has 0 fully saturated rings. The van der Waals surface area contributed by atoms with E-state index in [0.717, 1.165) is 5.39 Å². The van der Waals surface area contributed by atoms with Crippen LogP contribution in [0.4, 0.5) is 5.69 Å². The van der Waals surface area contributed by atoms with Crippen LogP contribution in [-0.2, 0) is 0 Å². The highest BCUT2D eigenvalue weighted by Crippen LogP contribution is 2.21. The summed E-state index contributed by atoms with van der Waals surface area (Å²) in [5.74, 6) is -0.856. The first kappa shape index (κ1) is 12.9. The molecule has 0 radical (unpaired) electrons. The molecule has 0 atom stereocenters. The Morgan fingerprint density at radius 3 is 2.48 bits per heavy atom. The summed E-state index contributed by atoms with van der Waals surface area (Å²) in [6.07, 6.45) is 0. The number of carbonyl (C=O) groups is 2. The standard InChI is InChI=1S/C16H12N2O3/c17-15(19)11-6-2-3-7-12(11)18-16(20)14-9-10-5-1-4-8-13(10)21-14/h1-9H,(H2,17,19)(H,18,20). The zero-order valence-corrected chi connectivity index (χ0v) is 11.0. The molecule has 2 aromatic carbocycles. The van der Waals surface area contributed by atoms with Crippen molar-refractivity contribution in [2.24, 2.45) is 5.73 Å². The summed E-state index contributed by atoms with van der Waals surface area (Å²) in [6.45, 7) is 0. The molecule has 0 saturated heterocycles. The van der Waals surface area contributed by atoms with Crippen molar-refractivity contribution < 1.29 is 14.0 Å². The minimum Gasteiger partial charge on any atom is -0.451 e. The van der Waals surface area contributed by atoms with E-state index in [1.165, 1.54) is 0 Å². The van der Waals surface area contributed by atoms with E-state index in [1.54, 1.807) is 36.4 Å². The van der Waals surface area contributed by atoms with Crippen LogP contribution in [0.5, 0.6) is 0 Å². The number of para-hydroxylation sites is 2. The molecule has 1 heterocycles. The van der Waals surface area contributed by atoms with E-state index in [2.05, 4.69) is 5.32 Å². The quantitative estimate of drug-likeness (QED) is 0.773. The van der Waals surface area contributed by atoms with Crippen LogP contribution in [0.15, 0.2) is 59.0 Å². The van der Waals surface area contributed by atoms with Crippen molar-refractivity contribution in [1.82, 2.24) is 0 Å². The molecule has 1 aromatic heterocycles.